The number of amides is 2. The van der Waals surface area contributed by atoms with Crippen molar-refractivity contribution in [2.24, 2.45) is 11.3 Å². The van der Waals surface area contributed by atoms with Gasteiger partial charge in [-0.15, -0.1) is 0 Å². The molecule has 0 unspecified atom stereocenters. The standard InChI is InChI=1S/C29H35N7O3/c1-5-25(38)35-17-22(18-35)29(3,4)19-36-26(39)11-6-21-16-30-28(32-27(21)36)31-23-7-9-24(10-8-23)34-14-12-33(13-15-34)20(2)37/h5-11,16,22H,1,12-15,17-19H2,2-4H3,(H,30,31,32). The minimum atomic E-state index is -0.222. The number of piperazine rings is 1. The Bertz CT molecular complexity index is 1450. The summed E-state index contributed by atoms with van der Waals surface area (Å²) in [5.74, 6) is 0.741. The molecule has 39 heavy (non-hydrogen) atoms. The summed E-state index contributed by atoms with van der Waals surface area (Å²) in [5, 5.41) is 4.05. The molecule has 204 valence electrons. The first kappa shape index (κ1) is 26.4. The van der Waals surface area contributed by atoms with E-state index in [1.54, 1.807) is 34.7 Å². The lowest BCUT2D eigenvalue weighted by Crippen LogP contribution is -2.56. The lowest BCUT2D eigenvalue weighted by atomic mass is 9.74. The second-order valence-corrected chi connectivity index (χ2v) is 11.0. The van der Waals surface area contributed by atoms with E-state index < -0.39 is 0 Å². The molecular weight excluding hydrogens is 494 g/mol. The number of aromatic nitrogens is 3. The highest BCUT2D eigenvalue weighted by Crippen LogP contribution is 2.36. The van der Waals surface area contributed by atoms with Crippen molar-refractivity contribution in [1.29, 1.82) is 0 Å². The number of anilines is 3. The van der Waals surface area contributed by atoms with E-state index >= 15 is 0 Å². The number of carbonyl (C=O) groups is 2. The van der Waals surface area contributed by atoms with Gasteiger partial charge >= 0.3 is 0 Å². The van der Waals surface area contributed by atoms with Crippen LogP contribution in [0.4, 0.5) is 17.3 Å². The molecule has 0 spiro atoms. The molecule has 10 nitrogen and oxygen atoms in total. The Morgan fingerprint density at radius 1 is 1.05 bits per heavy atom. The highest BCUT2D eigenvalue weighted by atomic mass is 16.2. The Balaban J connectivity index is 1.31. The van der Waals surface area contributed by atoms with E-state index in [1.165, 1.54) is 6.08 Å². The second kappa shape index (κ2) is 10.5. The summed E-state index contributed by atoms with van der Waals surface area (Å²) in [6.07, 6.45) is 3.07. The van der Waals surface area contributed by atoms with Gasteiger partial charge in [0.15, 0.2) is 0 Å². The second-order valence-electron chi connectivity index (χ2n) is 11.0. The maximum Gasteiger partial charge on any atom is 0.252 e. The Hall–Kier alpha value is -4.21. The highest BCUT2D eigenvalue weighted by Gasteiger charge is 2.40. The fraction of sp³-hybridized carbons (Fsp3) is 0.414. The summed E-state index contributed by atoms with van der Waals surface area (Å²) in [6.45, 7) is 14.3. The van der Waals surface area contributed by atoms with Gasteiger partial charge in [0.2, 0.25) is 17.8 Å². The average molecular weight is 530 g/mol. The Morgan fingerprint density at radius 2 is 1.74 bits per heavy atom. The van der Waals surface area contributed by atoms with Crippen LogP contribution in [0.25, 0.3) is 11.0 Å². The topological polar surface area (TPSA) is 104 Å². The molecule has 0 aliphatic carbocycles. The van der Waals surface area contributed by atoms with E-state index in [0.717, 1.165) is 42.9 Å². The number of fused-ring (bicyclic) bond motifs is 1. The lowest BCUT2D eigenvalue weighted by Gasteiger charge is -2.47. The maximum atomic E-state index is 13.0. The summed E-state index contributed by atoms with van der Waals surface area (Å²) in [7, 11) is 0. The van der Waals surface area contributed by atoms with Gasteiger partial charge in [-0.3, -0.25) is 19.0 Å². The van der Waals surface area contributed by atoms with Gasteiger partial charge in [0.1, 0.15) is 5.65 Å². The summed E-state index contributed by atoms with van der Waals surface area (Å²) in [6, 6.07) is 11.4. The third-order valence-corrected chi connectivity index (χ3v) is 7.98. The molecular formula is C29H35N7O3. The van der Waals surface area contributed by atoms with Crippen LogP contribution in [0.15, 0.2) is 60.0 Å². The van der Waals surface area contributed by atoms with E-state index in [1.807, 2.05) is 29.2 Å². The Kier molecular flexibility index (Phi) is 7.12. The fourth-order valence-corrected chi connectivity index (χ4v) is 5.27. The first-order valence-corrected chi connectivity index (χ1v) is 13.3. The summed E-state index contributed by atoms with van der Waals surface area (Å²) in [4.78, 5) is 51.5. The number of benzene rings is 1. The molecule has 0 radical (unpaired) electrons. The third-order valence-electron chi connectivity index (χ3n) is 7.98. The molecule has 1 aromatic carbocycles. The molecule has 2 amide bonds. The largest absolute Gasteiger partial charge is 0.368 e. The SMILES string of the molecule is C=CC(=O)N1CC(C(C)(C)Cn2c(=O)ccc3cnc(Nc4ccc(N5CCN(C(C)=O)CC5)cc4)nc32)C1. The van der Waals surface area contributed by atoms with Crippen molar-refractivity contribution in [2.45, 2.75) is 27.3 Å². The van der Waals surface area contributed by atoms with Gasteiger partial charge in [-0.25, -0.2) is 4.98 Å². The van der Waals surface area contributed by atoms with Crippen molar-refractivity contribution in [3.05, 3.63) is 65.6 Å². The molecule has 5 rings (SSSR count). The minimum Gasteiger partial charge on any atom is -0.368 e. The van der Waals surface area contributed by atoms with Gasteiger partial charge in [-0.05, 0) is 41.8 Å². The van der Waals surface area contributed by atoms with Crippen LogP contribution in [0, 0.1) is 11.3 Å². The fourth-order valence-electron chi connectivity index (χ4n) is 5.27. The van der Waals surface area contributed by atoms with Crippen LogP contribution >= 0.6 is 0 Å². The maximum absolute atomic E-state index is 13.0. The monoisotopic (exact) mass is 529 g/mol. The lowest BCUT2D eigenvalue weighted by molar-refractivity contribution is -0.135. The molecule has 3 aromatic rings. The van der Waals surface area contributed by atoms with Crippen LogP contribution < -0.4 is 15.8 Å². The zero-order chi connectivity index (χ0) is 27.7. The molecule has 2 saturated heterocycles. The molecule has 0 bridgehead atoms. The van der Waals surface area contributed by atoms with Crippen molar-refractivity contribution >= 4 is 40.2 Å². The number of nitrogens with one attached hydrogen (secondary N) is 1. The molecule has 0 atom stereocenters. The minimum absolute atomic E-state index is 0.0589. The molecule has 2 aromatic heterocycles. The predicted molar refractivity (Wildman–Crippen MR) is 152 cm³/mol. The summed E-state index contributed by atoms with van der Waals surface area (Å²) < 4.78 is 1.71. The third kappa shape index (κ3) is 5.50. The zero-order valence-corrected chi connectivity index (χ0v) is 22.8. The van der Waals surface area contributed by atoms with Crippen LogP contribution in [-0.4, -0.2) is 75.4 Å². The van der Waals surface area contributed by atoms with E-state index in [0.29, 0.717) is 31.2 Å². The van der Waals surface area contributed by atoms with Crippen LogP contribution in [0.2, 0.25) is 0 Å². The van der Waals surface area contributed by atoms with Gasteiger partial charge in [0, 0.05) is 87.7 Å². The van der Waals surface area contributed by atoms with E-state index in [2.05, 4.69) is 35.6 Å². The van der Waals surface area contributed by atoms with Crippen LogP contribution in [-0.2, 0) is 16.1 Å². The van der Waals surface area contributed by atoms with Crippen LogP contribution in [0.1, 0.15) is 20.8 Å². The van der Waals surface area contributed by atoms with Gasteiger partial charge in [-0.2, -0.15) is 4.98 Å². The molecule has 2 aliphatic heterocycles. The molecule has 2 fully saturated rings. The molecule has 0 saturated carbocycles. The summed E-state index contributed by atoms with van der Waals surface area (Å²) >= 11 is 0. The highest BCUT2D eigenvalue weighted by molar-refractivity contribution is 5.87. The first-order valence-electron chi connectivity index (χ1n) is 13.3. The molecule has 4 heterocycles. The predicted octanol–water partition coefficient (Wildman–Crippen LogP) is 2.87. The van der Waals surface area contributed by atoms with Crippen molar-refractivity contribution in [3.63, 3.8) is 0 Å². The number of nitrogens with zero attached hydrogens (tertiary/aromatic N) is 6. The summed E-state index contributed by atoms with van der Waals surface area (Å²) in [5.41, 5.74) is 2.18. The Labute approximate surface area is 227 Å². The number of hydrogen-bond donors (Lipinski definition) is 1. The van der Waals surface area contributed by atoms with Gasteiger partial charge < -0.3 is 20.0 Å². The average Bonchev–Trinajstić information content (AvgIpc) is 2.89. The van der Waals surface area contributed by atoms with E-state index in [9.17, 15) is 14.4 Å². The Morgan fingerprint density at radius 3 is 2.38 bits per heavy atom. The van der Waals surface area contributed by atoms with E-state index in [-0.39, 0.29) is 28.7 Å². The number of hydrogen-bond acceptors (Lipinski definition) is 7. The van der Waals surface area contributed by atoms with Gasteiger partial charge in [-0.1, -0.05) is 20.4 Å². The first-order chi connectivity index (χ1) is 18.6. The van der Waals surface area contributed by atoms with Crippen LogP contribution in [0.5, 0.6) is 0 Å². The smallest absolute Gasteiger partial charge is 0.252 e. The number of carbonyl (C=O) groups excluding carboxylic acids is 2. The zero-order valence-electron chi connectivity index (χ0n) is 22.8. The van der Waals surface area contributed by atoms with Crippen molar-refractivity contribution < 1.29 is 9.59 Å². The van der Waals surface area contributed by atoms with E-state index in [4.69, 9.17) is 4.98 Å². The van der Waals surface area contributed by atoms with Crippen LogP contribution in [0.3, 0.4) is 0 Å². The normalized spacial score (nSPS) is 16.2. The number of rotatable bonds is 7. The number of likely N-dealkylation sites (tertiary alicyclic amines) is 1. The molecule has 1 N–H and O–H groups in total. The van der Waals surface area contributed by atoms with Gasteiger partial charge in [0.05, 0.1) is 0 Å². The quantitative estimate of drug-likeness (QED) is 0.470. The molecule has 2 aliphatic rings. The van der Waals surface area contributed by atoms with Gasteiger partial charge in [0.25, 0.3) is 5.56 Å². The molecule has 10 heteroatoms. The van der Waals surface area contributed by atoms with Crippen molar-refractivity contribution in [2.75, 3.05) is 49.5 Å². The van der Waals surface area contributed by atoms with Crippen molar-refractivity contribution in [3.8, 4) is 0 Å². The number of pyridine rings is 1. The van der Waals surface area contributed by atoms with Crippen molar-refractivity contribution in [1.82, 2.24) is 24.3 Å².